The Morgan fingerprint density at radius 3 is 1.77 bits per heavy atom. The zero-order chi connectivity index (χ0) is 11.1. The predicted octanol–water partition coefficient (Wildman–Crippen LogP) is 4.21. The van der Waals surface area contributed by atoms with Crippen LogP contribution in [-0.2, 0) is 0 Å². The van der Waals surface area contributed by atoms with Crippen molar-refractivity contribution in [2.75, 3.05) is 6.54 Å². The van der Waals surface area contributed by atoms with E-state index in [-0.39, 0.29) is 0 Å². The van der Waals surface area contributed by atoms with Crippen LogP contribution >= 0.6 is 0 Å². The average Bonchev–Trinajstić information content (AvgIpc) is 2.24. The molecule has 0 aromatic rings. The summed E-state index contributed by atoms with van der Waals surface area (Å²) in [6.07, 6.45) is 5.35. The van der Waals surface area contributed by atoms with E-state index in [2.05, 4.69) is 13.8 Å². The zero-order valence-electron chi connectivity index (χ0n) is 10.7. The highest BCUT2D eigenvalue weighted by Crippen LogP contribution is 2.06. The van der Waals surface area contributed by atoms with E-state index in [9.17, 15) is 0 Å². The van der Waals surface area contributed by atoms with Crippen molar-refractivity contribution in [3.05, 3.63) is 0 Å². The highest BCUT2D eigenvalue weighted by atomic mass is 14.5. The minimum absolute atomic E-state index is 0.733. The molecule has 0 aromatic heterocycles. The lowest BCUT2D eigenvalue weighted by Gasteiger charge is -2.05. The van der Waals surface area contributed by atoms with E-state index in [1.807, 2.05) is 27.7 Å². The predicted molar refractivity (Wildman–Crippen MR) is 65.1 cm³/mol. The zero-order valence-corrected chi connectivity index (χ0v) is 10.7. The van der Waals surface area contributed by atoms with Crippen LogP contribution in [0.5, 0.6) is 0 Å². The van der Waals surface area contributed by atoms with Gasteiger partial charge < -0.3 is 5.73 Å². The molecule has 0 aliphatic carbocycles. The summed E-state index contributed by atoms with van der Waals surface area (Å²) < 4.78 is 0. The molecule has 0 aliphatic rings. The summed E-state index contributed by atoms with van der Waals surface area (Å²) >= 11 is 0. The highest BCUT2D eigenvalue weighted by molar-refractivity contribution is 4.52. The van der Waals surface area contributed by atoms with Crippen LogP contribution in [0, 0.1) is 5.92 Å². The van der Waals surface area contributed by atoms with E-state index >= 15 is 0 Å². The SMILES string of the molecule is CC.CC.CCCCCC(C)CN. The van der Waals surface area contributed by atoms with Crippen LogP contribution < -0.4 is 5.73 Å². The molecule has 0 aliphatic heterocycles. The number of rotatable bonds is 5. The van der Waals surface area contributed by atoms with Gasteiger partial charge in [0.1, 0.15) is 0 Å². The van der Waals surface area contributed by atoms with Crippen LogP contribution in [0.4, 0.5) is 0 Å². The lowest BCUT2D eigenvalue weighted by atomic mass is 10.0. The lowest BCUT2D eigenvalue weighted by Crippen LogP contribution is -2.10. The summed E-state index contributed by atoms with van der Waals surface area (Å²) in [7, 11) is 0. The van der Waals surface area contributed by atoms with Crippen LogP contribution in [0.1, 0.15) is 67.2 Å². The maximum atomic E-state index is 5.45. The third kappa shape index (κ3) is 24.5. The number of hydrogen-bond acceptors (Lipinski definition) is 1. The van der Waals surface area contributed by atoms with Gasteiger partial charge in [0.15, 0.2) is 0 Å². The second-order valence-electron chi connectivity index (χ2n) is 2.84. The molecule has 2 N–H and O–H groups in total. The standard InChI is InChI=1S/C8H19N.2C2H6/c1-3-4-5-6-8(2)7-9;2*1-2/h8H,3-7,9H2,1-2H3;2*1-2H3. The van der Waals surface area contributed by atoms with Crippen molar-refractivity contribution in [2.45, 2.75) is 67.2 Å². The lowest BCUT2D eigenvalue weighted by molar-refractivity contribution is 0.505. The molecule has 0 amide bonds. The Balaban J connectivity index is -0.000000218. The fourth-order valence-electron chi connectivity index (χ4n) is 0.861. The van der Waals surface area contributed by atoms with Crippen LogP contribution in [0.15, 0.2) is 0 Å². The van der Waals surface area contributed by atoms with Gasteiger partial charge >= 0.3 is 0 Å². The van der Waals surface area contributed by atoms with Crippen LogP contribution in [0.3, 0.4) is 0 Å². The van der Waals surface area contributed by atoms with Crippen molar-refractivity contribution in [2.24, 2.45) is 11.7 Å². The second-order valence-corrected chi connectivity index (χ2v) is 2.84. The minimum Gasteiger partial charge on any atom is -0.330 e. The van der Waals surface area contributed by atoms with Gasteiger partial charge in [-0.2, -0.15) is 0 Å². The fourth-order valence-corrected chi connectivity index (χ4v) is 0.861. The van der Waals surface area contributed by atoms with Crippen molar-refractivity contribution < 1.29 is 0 Å². The van der Waals surface area contributed by atoms with Crippen LogP contribution in [0.25, 0.3) is 0 Å². The van der Waals surface area contributed by atoms with Crippen molar-refractivity contribution in [1.29, 1.82) is 0 Å². The van der Waals surface area contributed by atoms with Gasteiger partial charge in [-0.05, 0) is 18.9 Å². The van der Waals surface area contributed by atoms with Gasteiger partial charge in [-0.1, -0.05) is 60.8 Å². The summed E-state index contributed by atoms with van der Waals surface area (Å²) in [5, 5.41) is 0. The van der Waals surface area contributed by atoms with Gasteiger partial charge in [-0.3, -0.25) is 0 Å². The first-order chi connectivity index (χ1) is 6.31. The summed E-state index contributed by atoms with van der Waals surface area (Å²) in [4.78, 5) is 0. The normalized spacial score (nSPS) is 10.4. The quantitative estimate of drug-likeness (QED) is 0.644. The molecule has 0 bridgehead atoms. The molecule has 0 spiro atoms. The maximum absolute atomic E-state index is 5.45. The molecule has 1 nitrogen and oxygen atoms in total. The molecule has 0 rings (SSSR count). The molecular formula is C12H31N. The summed E-state index contributed by atoms with van der Waals surface area (Å²) in [5.74, 6) is 0.733. The monoisotopic (exact) mass is 189 g/mol. The first-order valence-electron chi connectivity index (χ1n) is 6.01. The Morgan fingerprint density at radius 2 is 1.46 bits per heavy atom. The Labute approximate surface area is 86.1 Å². The molecule has 0 saturated carbocycles. The molecule has 84 valence electrons. The molecule has 1 atom stereocenters. The van der Waals surface area contributed by atoms with Gasteiger partial charge in [0.2, 0.25) is 0 Å². The third-order valence-corrected chi connectivity index (χ3v) is 1.70. The average molecular weight is 189 g/mol. The summed E-state index contributed by atoms with van der Waals surface area (Å²) in [5.41, 5.74) is 5.45. The summed E-state index contributed by atoms with van der Waals surface area (Å²) in [6.45, 7) is 13.3. The Hall–Kier alpha value is -0.0400. The van der Waals surface area contributed by atoms with E-state index in [0.717, 1.165) is 12.5 Å². The third-order valence-electron chi connectivity index (χ3n) is 1.70. The topological polar surface area (TPSA) is 26.0 Å². The molecule has 0 fully saturated rings. The van der Waals surface area contributed by atoms with Crippen molar-refractivity contribution >= 4 is 0 Å². The molecule has 1 unspecified atom stereocenters. The van der Waals surface area contributed by atoms with Crippen LogP contribution in [-0.4, -0.2) is 6.54 Å². The summed E-state index contributed by atoms with van der Waals surface area (Å²) in [6, 6.07) is 0. The molecule has 0 radical (unpaired) electrons. The maximum Gasteiger partial charge on any atom is -0.00515 e. The smallest absolute Gasteiger partial charge is 0.00515 e. The minimum atomic E-state index is 0.733. The molecule has 0 heterocycles. The molecule has 1 heteroatoms. The van der Waals surface area contributed by atoms with Gasteiger partial charge in [-0.15, -0.1) is 0 Å². The van der Waals surface area contributed by atoms with Gasteiger partial charge in [0, 0.05) is 0 Å². The molecule has 0 saturated heterocycles. The molecule has 13 heavy (non-hydrogen) atoms. The number of unbranched alkanes of at least 4 members (excludes halogenated alkanes) is 2. The highest BCUT2D eigenvalue weighted by Gasteiger charge is 1.96. The van der Waals surface area contributed by atoms with Crippen molar-refractivity contribution in [3.8, 4) is 0 Å². The largest absolute Gasteiger partial charge is 0.330 e. The number of hydrogen-bond donors (Lipinski definition) is 1. The molecular weight excluding hydrogens is 158 g/mol. The first kappa shape index (κ1) is 18.7. The van der Waals surface area contributed by atoms with E-state index < -0.39 is 0 Å². The van der Waals surface area contributed by atoms with Gasteiger partial charge in [0.25, 0.3) is 0 Å². The van der Waals surface area contributed by atoms with Crippen molar-refractivity contribution in [1.82, 2.24) is 0 Å². The number of nitrogens with two attached hydrogens (primary N) is 1. The van der Waals surface area contributed by atoms with E-state index in [1.54, 1.807) is 0 Å². The van der Waals surface area contributed by atoms with Gasteiger partial charge in [0.05, 0.1) is 0 Å². The van der Waals surface area contributed by atoms with Crippen LogP contribution in [0.2, 0.25) is 0 Å². The first-order valence-corrected chi connectivity index (χ1v) is 6.01. The van der Waals surface area contributed by atoms with Crippen molar-refractivity contribution in [3.63, 3.8) is 0 Å². The second kappa shape index (κ2) is 22.7. The van der Waals surface area contributed by atoms with E-state index in [0.29, 0.717) is 0 Å². The molecule has 0 aromatic carbocycles. The van der Waals surface area contributed by atoms with E-state index in [1.165, 1.54) is 25.7 Å². The Morgan fingerprint density at radius 1 is 1.00 bits per heavy atom. The Bertz CT molecular complexity index is 53.1. The van der Waals surface area contributed by atoms with Gasteiger partial charge in [-0.25, -0.2) is 0 Å². The Kier molecular flexibility index (Phi) is 32.6. The van der Waals surface area contributed by atoms with E-state index in [4.69, 9.17) is 5.73 Å². The fraction of sp³-hybridized carbons (Fsp3) is 1.00.